The van der Waals surface area contributed by atoms with Crippen LogP contribution in [0.5, 0.6) is 0 Å². The van der Waals surface area contributed by atoms with E-state index in [9.17, 15) is 14.4 Å². The number of urea groups is 1. The second-order valence-electron chi connectivity index (χ2n) is 8.48. The molecule has 2 heterocycles. The molecule has 4 N–H and O–H groups in total. The Kier molecular flexibility index (Phi) is 6.04. The maximum Gasteiger partial charge on any atom is 0.321 e. The average molecular weight is 452 g/mol. The molecule has 1 aliphatic heterocycles. The number of aromatic amines is 1. The zero-order valence-electron chi connectivity index (χ0n) is 18.5. The van der Waals surface area contributed by atoms with E-state index in [0.29, 0.717) is 46.5 Å². The summed E-state index contributed by atoms with van der Waals surface area (Å²) < 4.78 is 15.4. The summed E-state index contributed by atoms with van der Waals surface area (Å²) in [6, 6.07) is 11.3. The number of piperidine rings is 1. The first kappa shape index (κ1) is 22.3. The molecule has 0 saturated carbocycles. The largest absolute Gasteiger partial charge is 0.366 e. The van der Waals surface area contributed by atoms with Crippen molar-refractivity contribution in [2.45, 2.75) is 18.8 Å². The van der Waals surface area contributed by atoms with Crippen molar-refractivity contribution in [2.24, 2.45) is 5.73 Å². The molecule has 2 aromatic carbocycles. The summed E-state index contributed by atoms with van der Waals surface area (Å²) in [6.45, 7) is 0.902. The van der Waals surface area contributed by atoms with Crippen molar-refractivity contribution in [3.05, 3.63) is 65.1 Å². The van der Waals surface area contributed by atoms with Gasteiger partial charge in [-0.05, 0) is 42.7 Å². The molecule has 4 rings (SSSR count). The monoisotopic (exact) mass is 451 g/mol. The van der Waals surface area contributed by atoms with Crippen LogP contribution in [0.2, 0.25) is 0 Å². The van der Waals surface area contributed by atoms with Gasteiger partial charge in [-0.25, -0.2) is 9.18 Å². The van der Waals surface area contributed by atoms with E-state index in [0.717, 1.165) is 12.8 Å². The predicted molar refractivity (Wildman–Crippen MR) is 124 cm³/mol. The fraction of sp³-hybridized carbons (Fsp3) is 0.292. The molecule has 0 aliphatic carbocycles. The number of carbonyl (C=O) groups excluding carboxylic acids is 3. The van der Waals surface area contributed by atoms with Gasteiger partial charge in [0.1, 0.15) is 5.69 Å². The molecule has 9 heteroatoms. The third-order valence-electron chi connectivity index (χ3n) is 5.95. The number of hydrogen-bond donors (Lipinski definition) is 3. The zero-order chi connectivity index (χ0) is 23.7. The number of likely N-dealkylation sites (tertiary alicyclic amines) is 1. The highest BCUT2D eigenvalue weighted by Gasteiger charge is 2.28. The lowest BCUT2D eigenvalue weighted by Gasteiger charge is -2.33. The van der Waals surface area contributed by atoms with Crippen molar-refractivity contribution in [3.8, 4) is 0 Å². The highest BCUT2D eigenvalue weighted by Crippen LogP contribution is 2.32. The molecule has 1 aromatic heterocycles. The SMILES string of the molecule is CN(C)C(=O)c1cc2ccc([C@@H]3CCCN(C(=O)Nc4cccc(C(N)=O)c4)C3)c(F)c2[nH]1. The van der Waals surface area contributed by atoms with Gasteiger partial charge in [-0.2, -0.15) is 0 Å². The van der Waals surface area contributed by atoms with Crippen LogP contribution in [-0.2, 0) is 0 Å². The number of fused-ring (bicyclic) bond motifs is 1. The highest BCUT2D eigenvalue weighted by atomic mass is 19.1. The van der Waals surface area contributed by atoms with Crippen molar-refractivity contribution in [1.82, 2.24) is 14.8 Å². The van der Waals surface area contributed by atoms with Gasteiger partial charge >= 0.3 is 6.03 Å². The van der Waals surface area contributed by atoms with Crippen LogP contribution in [0, 0.1) is 5.82 Å². The van der Waals surface area contributed by atoms with Crippen molar-refractivity contribution in [2.75, 3.05) is 32.5 Å². The number of rotatable bonds is 4. The van der Waals surface area contributed by atoms with E-state index in [4.69, 9.17) is 5.73 Å². The Balaban J connectivity index is 1.52. The summed E-state index contributed by atoms with van der Waals surface area (Å²) in [5.74, 6) is -1.38. The number of hydrogen-bond acceptors (Lipinski definition) is 3. The Hall–Kier alpha value is -3.88. The van der Waals surface area contributed by atoms with E-state index < -0.39 is 11.7 Å². The molecule has 3 aromatic rings. The molecule has 1 aliphatic rings. The molecule has 33 heavy (non-hydrogen) atoms. The van der Waals surface area contributed by atoms with Crippen LogP contribution in [0.15, 0.2) is 42.5 Å². The van der Waals surface area contributed by atoms with Crippen LogP contribution in [0.1, 0.15) is 45.2 Å². The predicted octanol–water partition coefficient (Wildman–Crippen LogP) is 3.52. The van der Waals surface area contributed by atoms with Gasteiger partial charge in [-0.15, -0.1) is 0 Å². The van der Waals surface area contributed by atoms with Gasteiger partial charge in [-0.1, -0.05) is 18.2 Å². The Morgan fingerprint density at radius 2 is 1.97 bits per heavy atom. The number of primary amides is 1. The first-order valence-corrected chi connectivity index (χ1v) is 10.7. The Morgan fingerprint density at radius 1 is 1.18 bits per heavy atom. The van der Waals surface area contributed by atoms with Crippen molar-refractivity contribution < 1.29 is 18.8 Å². The maximum atomic E-state index is 15.4. The standard InChI is InChI=1S/C24H26FN5O3/c1-29(2)23(32)19-12-14-8-9-18(20(25)21(14)28-19)16-6-4-10-30(13-16)24(33)27-17-7-3-5-15(11-17)22(26)31/h3,5,7-9,11-12,16,28H,4,6,10,13H2,1-2H3,(H2,26,31)(H,27,33)/t16-/m1/s1. The number of carbonyl (C=O) groups is 3. The number of aromatic nitrogens is 1. The second-order valence-corrected chi connectivity index (χ2v) is 8.48. The van der Waals surface area contributed by atoms with E-state index in [2.05, 4.69) is 10.3 Å². The van der Waals surface area contributed by atoms with Crippen molar-refractivity contribution in [1.29, 1.82) is 0 Å². The summed E-state index contributed by atoms with van der Waals surface area (Å²) in [5, 5.41) is 3.41. The third kappa shape index (κ3) is 4.52. The number of amides is 4. The van der Waals surface area contributed by atoms with Gasteiger partial charge in [-0.3, -0.25) is 9.59 Å². The van der Waals surface area contributed by atoms with Gasteiger partial charge in [0, 0.05) is 49.7 Å². The summed E-state index contributed by atoms with van der Waals surface area (Å²) in [7, 11) is 3.28. The number of nitrogens with one attached hydrogen (secondary N) is 2. The molecular weight excluding hydrogens is 425 g/mol. The lowest BCUT2D eigenvalue weighted by molar-refractivity contribution is 0.0822. The van der Waals surface area contributed by atoms with Gasteiger partial charge < -0.3 is 25.8 Å². The quantitative estimate of drug-likeness (QED) is 0.564. The molecule has 8 nitrogen and oxygen atoms in total. The fourth-order valence-electron chi connectivity index (χ4n) is 4.22. The van der Waals surface area contributed by atoms with E-state index in [1.807, 2.05) is 0 Å². The highest BCUT2D eigenvalue weighted by molar-refractivity contribution is 5.98. The lowest BCUT2D eigenvalue weighted by Crippen LogP contribution is -2.41. The minimum Gasteiger partial charge on any atom is -0.366 e. The number of benzene rings is 2. The van der Waals surface area contributed by atoms with Crippen LogP contribution in [0.3, 0.4) is 0 Å². The Morgan fingerprint density at radius 3 is 2.70 bits per heavy atom. The van der Waals surface area contributed by atoms with Gasteiger partial charge in [0.2, 0.25) is 5.91 Å². The van der Waals surface area contributed by atoms with Crippen LogP contribution in [-0.4, -0.2) is 59.8 Å². The number of halogens is 1. The molecule has 4 amide bonds. The Labute approximate surface area is 190 Å². The lowest BCUT2D eigenvalue weighted by atomic mass is 9.90. The molecule has 1 saturated heterocycles. The average Bonchev–Trinajstić information content (AvgIpc) is 3.24. The first-order valence-electron chi connectivity index (χ1n) is 10.7. The number of nitrogens with two attached hydrogens (primary N) is 1. The number of nitrogens with zero attached hydrogens (tertiary/aromatic N) is 2. The molecule has 172 valence electrons. The van der Waals surface area contributed by atoms with Crippen LogP contribution in [0.25, 0.3) is 10.9 Å². The van der Waals surface area contributed by atoms with Gasteiger partial charge in [0.15, 0.2) is 5.82 Å². The van der Waals surface area contributed by atoms with Crippen LogP contribution < -0.4 is 11.1 Å². The molecule has 1 atom stereocenters. The fourth-order valence-corrected chi connectivity index (χ4v) is 4.22. The van der Waals surface area contributed by atoms with E-state index in [1.165, 1.54) is 11.0 Å². The first-order chi connectivity index (χ1) is 15.7. The number of H-pyrrole nitrogens is 1. The molecule has 0 bridgehead atoms. The molecular formula is C24H26FN5O3. The van der Waals surface area contributed by atoms with E-state index in [1.54, 1.807) is 55.4 Å². The summed E-state index contributed by atoms with van der Waals surface area (Å²) in [4.78, 5) is 42.4. The molecule has 0 unspecified atom stereocenters. The second kappa shape index (κ2) is 8.93. The van der Waals surface area contributed by atoms with Crippen LogP contribution >= 0.6 is 0 Å². The van der Waals surface area contributed by atoms with Gasteiger partial charge in [0.25, 0.3) is 5.91 Å². The van der Waals surface area contributed by atoms with E-state index in [-0.39, 0.29) is 17.9 Å². The van der Waals surface area contributed by atoms with E-state index >= 15 is 4.39 Å². The summed E-state index contributed by atoms with van der Waals surface area (Å²) >= 11 is 0. The molecule has 0 spiro atoms. The maximum absolute atomic E-state index is 15.4. The van der Waals surface area contributed by atoms with Crippen LogP contribution in [0.4, 0.5) is 14.9 Å². The normalized spacial score (nSPS) is 16.0. The summed E-state index contributed by atoms with van der Waals surface area (Å²) in [6.07, 6.45) is 1.47. The smallest absolute Gasteiger partial charge is 0.321 e. The topological polar surface area (TPSA) is 112 Å². The minimum atomic E-state index is -0.574. The van der Waals surface area contributed by atoms with Gasteiger partial charge in [0.05, 0.1) is 5.52 Å². The number of anilines is 1. The Bertz CT molecular complexity index is 1240. The summed E-state index contributed by atoms with van der Waals surface area (Å²) in [5.41, 5.74) is 7.21. The molecule has 0 radical (unpaired) electrons. The van der Waals surface area contributed by atoms with Crippen molar-refractivity contribution >= 4 is 34.4 Å². The zero-order valence-corrected chi connectivity index (χ0v) is 18.5. The minimum absolute atomic E-state index is 0.179. The third-order valence-corrected chi connectivity index (χ3v) is 5.95. The molecule has 1 fully saturated rings. The van der Waals surface area contributed by atoms with Crippen molar-refractivity contribution in [3.63, 3.8) is 0 Å².